The number of benzene rings is 1. The third kappa shape index (κ3) is 7.31. The zero-order valence-electron chi connectivity index (χ0n) is 17.1. The molecule has 3 N–H and O–H groups in total. The molecule has 1 aliphatic rings. The Morgan fingerprint density at radius 3 is 2.11 bits per heavy atom. The molecule has 0 aliphatic heterocycles. The predicted molar refractivity (Wildman–Crippen MR) is 111 cm³/mol. The summed E-state index contributed by atoms with van der Waals surface area (Å²) in [6.45, 7) is 6.55. The fourth-order valence-corrected chi connectivity index (χ4v) is 3.51. The molecule has 0 radical (unpaired) electrons. The Bertz CT molecular complexity index is 675. The van der Waals surface area contributed by atoms with Gasteiger partial charge in [-0.1, -0.05) is 26.7 Å². The molecule has 0 heterocycles. The van der Waals surface area contributed by atoms with E-state index in [0.717, 1.165) is 19.3 Å². The van der Waals surface area contributed by atoms with E-state index < -0.39 is 0 Å². The van der Waals surface area contributed by atoms with Crippen molar-refractivity contribution in [1.82, 2.24) is 10.2 Å². The first-order valence-electron chi connectivity index (χ1n) is 10.1. The van der Waals surface area contributed by atoms with Crippen molar-refractivity contribution in [3.63, 3.8) is 0 Å². The second-order valence-electron chi connectivity index (χ2n) is 7.55. The van der Waals surface area contributed by atoms with Gasteiger partial charge in [-0.25, -0.2) is 0 Å². The number of nitrogens with one attached hydrogen (secondary N) is 3. The summed E-state index contributed by atoms with van der Waals surface area (Å²) in [4.78, 5) is 37.6. The van der Waals surface area contributed by atoms with E-state index in [0.29, 0.717) is 23.8 Å². The van der Waals surface area contributed by atoms with Crippen LogP contribution in [-0.4, -0.2) is 48.3 Å². The number of likely N-dealkylation sites (N-methyl/N-ethyl adjacent to an activating group) is 1. The van der Waals surface area contributed by atoms with Crippen molar-refractivity contribution < 1.29 is 14.4 Å². The number of carbonyl (C=O) groups excluding carboxylic acids is 3. The summed E-state index contributed by atoms with van der Waals surface area (Å²) < 4.78 is 0. The molecule has 0 unspecified atom stereocenters. The quantitative estimate of drug-likeness (QED) is 0.638. The molecule has 3 amide bonds. The van der Waals surface area contributed by atoms with E-state index in [-0.39, 0.29) is 36.9 Å². The zero-order chi connectivity index (χ0) is 20.5. The normalized spacial score (nSPS) is 19.1. The van der Waals surface area contributed by atoms with Gasteiger partial charge in [-0.2, -0.15) is 0 Å². The molecule has 1 aliphatic carbocycles. The van der Waals surface area contributed by atoms with E-state index in [4.69, 9.17) is 0 Å². The molecular weight excluding hydrogens is 356 g/mol. The van der Waals surface area contributed by atoms with E-state index >= 15 is 0 Å². The SMILES string of the molecule is CCN(CC(=O)Nc1ccc(NC(C)=O)cc1)CC(=O)N[C@H]1CCCC[C@@H]1C. The summed E-state index contributed by atoms with van der Waals surface area (Å²) in [6.07, 6.45) is 4.59. The molecule has 154 valence electrons. The van der Waals surface area contributed by atoms with Crippen LogP contribution >= 0.6 is 0 Å². The summed E-state index contributed by atoms with van der Waals surface area (Å²) in [5.41, 5.74) is 1.32. The largest absolute Gasteiger partial charge is 0.352 e. The first-order chi connectivity index (χ1) is 13.4. The number of amides is 3. The summed E-state index contributed by atoms with van der Waals surface area (Å²) in [5, 5.41) is 8.64. The van der Waals surface area contributed by atoms with Gasteiger partial charge in [-0.15, -0.1) is 0 Å². The van der Waals surface area contributed by atoms with Gasteiger partial charge in [0.1, 0.15) is 0 Å². The van der Waals surface area contributed by atoms with Crippen LogP contribution in [0, 0.1) is 5.92 Å². The van der Waals surface area contributed by atoms with Gasteiger partial charge in [0.2, 0.25) is 17.7 Å². The Kier molecular flexibility index (Phi) is 8.44. The van der Waals surface area contributed by atoms with Gasteiger partial charge < -0.3 is 16.0 Å². The lowest BCUT2D eigenvalue weighted by atomic mass is 9.86. The van der Waals surface area contributed by atoms with Crippen molar-refractivity contribution in [2.45, 2.75) is 52.5 Å². The van der Waals surface area contributed by atoms with Crippen molar-refractivity contribution in [2.75, 3.05) is 30.3 Å². The van der Waals surface area contributed by atoms with Crippen LogP contribution in [0.1, 0.15) is 46.5 Å². The molecule has 28 heavy (non-hydrogen) atoms. The van der Waals surface area contributed by atoms with E-state index in [9.17, 15) is 14.4 Å². The number of hydrogen-bond donors (Lipinski definition) is 3. The summed E-state index contributed by atoms with van der Waals surface area (Å²) in [6, 6.07) is 7.17. The Balaban J connectivity index is 1.80. The predicted octanol–water partition coefficient (Wildman–Crippen LogP) is 2.60. The second-order valence-corrected chi connectivity index (χ2v) is 7.55. The molecule has 2 atom stereocenters. The van der Waals surface area contributed by atoms with Crippen molar-refractivity contribution in [3.8, 4) is 0 Å². The van der Waals surface area contributed by atoms with E-state index in [1.54, 1.807) is 24.3 Å². The van der Waals surface area contributed by atoms with Crippen LogP contribution < -0.4 is 16.0 Å². The highest BCUT2D eigenvalue weighted by molar-refractivity contribution is 5.93. The maximum Gasteiger partial charge on any atom is 0.238 e. The van der Waals surface area contributed by atoms with Crippen LogP contribution in [-0.2, 0) is 14.4 Å². The third-order valence-electron chi connectivity index (χ3n) is 5.13. The van der Waals surface area contributed by atoms with Gasteiger partial charge in [0.15, 0.2) is 0 Å². The molecule has 1 saturated carbocycles. The molecule has 1 aromatic carbocycles. The van der Waals surface area contributed by atoms with Gasteiger partial charge in [0, 0.05) is 24.3 Å². The Morgan fingerprint density at radius 2 is 1.54 bits per heavy atom. The van der Waals surface area contributed by atoms with Crippen molar-refractivity contribution in [3.05, 3.63) is 24.3 Å². The van der Waals surface area contributed by atoms with Gasteiger partial charge in [-0.05, 0) is 49.6 Å². The average molecular weight is 389 g/mol. The number of hydrogen-bond acceptors (Lipinski definition) is 4. The molecular formula is C21H32N4O3. The standard InChI is InChI=1S/C21H32N4O3/c1-4-25(14-21(28)24-19-8-6-5-7-15(19)2)13-20(27)23-18-11-9-17(10-12-18)22-16(3)26/h9-12,15,19H,4-8,13-14H2,1-3H3,(H,22,26)(H,23,27)(H,24,28)/t15-,19-/m0/s1. The monoisotopic (exact) mass is 388 g/mol. The minimum absolute atomic E-state index is 0.0203. The molecule has 2 rings (SSSR count). The highest BCUT2D eigenvalue weighted by atomic mass is 16.2. The van der Waals surface area contributed by atoms with Crippen LogP contribution in [0.2, 0.25) is 0 Å². The number of nitrogens with zero attached hydrogens (tertiary/aromatic N) is 1. The fourth-order valence-electron chi connectivity index (χ4n) is 3.51. The van der Waals surface area contributed by atoms with E-state index in [1.807, 2.05) is 11.8 Å². The molecule has 7 nitrogen and oxygen atoms in total. The number of anilines is 2. The van der Waals surface area contributed by atoms with Crippen molar-refractivity contribution in [1.29, 1.82) is 0 Å². The lowest BCUT2D eigenvalue weighted by Gasteiger charge is -2.30. The molecule has 1 aromatic rings. The Labute approximate surface area is 167 Å². The topological polar surface area (TPSA) is 90.5 Å². The fraction of sp³-hybridized carbons (Fsp3) is 0.571. The van der Waals surface area contributed by atoms with E-state index in [1.165, 1.54) is 13.3 Å². The maximum atomic E-state index is 12.4. The van der Waals surface area contributed by atoms with Crippen molar-refractivity contribution >= 4 is 29.1 Å². The molecule has 1 fully saturated rings. The lowest BCUT2D eigenvalue weighted by molar-refractivity contribution is -0.124. The maximum absolute atomic E-state index is 12.4. The Morgan fingerprint density at radius 1 is 0.964 bits per heavy atom. The Hall–Kier alpha value is -2.41. The minimum atomic E-state index is -0.173. The molecule has 7 heteroatoms. The summed E-state index contributed by atoms with van der Waals surface area (Å²) in [5.74, 6) is 0.175. The third-order valence-corrected chi connectivity index (χ3v) is 5.13. The van der Waals surface area contributed by atoms with Gasteiger partial charge in [-0.3, -0.25) is 19.3 Å². The molecule has 0 aromatic heterocycles. The second kappa shape index (κ2) is 10.8. The summed E-state index contributed by atoms with van der Waals surface area (Å²) in [7, 11) is 0. The molecule has 0 spiro atoms. The van der Waals surface area contributed by atoms with Crippen LogP contribution in [0.3, 0.4) is 0 Å². The lowest BCUT2D eigenvalue weighted by Crippen LogP contribution is -2.47. The highest BCUT2D eigenvalue weighted by Gasteiger charge is 2.23. The van der Waals surface area contributed by atoms with Crippen LogP contribution in [0.25, 0.3) is 0 Å². The van der Waals surface area contributed by atoms with E-state index in [2.05, 4.69) is 22.9 Å². The highest BCUT2D eigenvalue weighted by Crippen LogP contribution is 2.23. The van der Waals surface area contributed by atoms with Crippen LogP contribution in [0.15, 0.2) is 24.3 Å². The smallest absolute Gasteiger partial charge is 0.238 e. The van der Waals surface area contributed by atoms with Crippen molar-refractivity contribution in [2.24, 2.45) is 5.92 Å². The van der Waals surface area contributed by atoms with Gasteiger partial charge in [0.05, 0.1) is 13.1 Å². The number of rotatable bonds is 8. The first-order valence-corrected chi connectivity index (χ1v) is 10.1. The van der Waals surface area contributed by atoms with Crippen LogP contribution in [0.5, 0.6) is 0 Å². The van der Waals surface area contributed by atoms with Crippen LogP contribution in [0.4, 0.5) is 11.4 Å². The van der Waals surface area contributed by atoms with Gasteiger partial charge >= 0.3 is 0 Å². The summed E-state index contributed by atoms with van der Waals surface area (Å²) >= 11 is 0. The first kappa shape index (κ1) is 21.9. The molecule has 0 saturated heterocycles. The number of carbonyl (C=O) groups is 3. The minimum Gasteiger partial charge on any atom is -0.352 e. The molecule has 0 bridgehead atoms. The average Bonchev–Trinajstić information content (AvgIpc) is 2.64. The van der Waals surface area contributed by atoms with Gasteiger partial charge in [0.25, 0.3) is 0 Å². The zero-order valence-corrected chi connectivity index (χ0v) is 17.1.